The van der Waals surface area contributed by atoms with Crippen LogP contribution in [0.1, 0.15) is 11.1 Å². The van der Waals surface area contributed by atoms with Crippen molar-refractivity contribution < 1.29 is 9.66 Å². The van der Waals surface area contributed by atoms with Gasteiger partial charge in [0.15, 0.2) is 5.75 Å². The second-order valence-corrected chi connectivity index (χ2v) is 7.93. The fraction of sp³-hybridized carbons (Fsp3) is 0.0417. The Hall–Kier alpha value is -3.64. The third kappa shape index (κ3) is 3.42. The van der Waals surface area contributed by atoms with Crippen LogP contribution in [0, 0.1) is 10.1 Å². The average Bonchev–Trinajstić information content (AvgIpc) is 2.97. The van der Waals surface area contributed by atoms with E-state index in [9.17, 15) is 10.1 Å². The van der Waals surface area contributed by atoms with Gasteiger partial charge < -0.3 is 4.74 Å². The van der Waals surface area contributed by atoms with Crippen molar-refractivity contribution in [3.05, 3.63) is 100 Å². The molecule has 0 aliphatic carbocycles. The molecule has 0 unspecified atom stereocenters. The molecule has 0 radical (unpaired) electrons. The van der Waals surface area contributed by atoms with Crippen molar-refractivity contribution in [2.45, 2.75) is 10.6 Å². The predicted octanol–water partition coefficient (Wildman–Crippen LogP) is 6.90. The fourth-order valence-electron chi connectivity index (χ4n) is 3.48. The first kappa shape index (κ1) is 18.4. The van der Waals surface area contributed by atoms with Gasteiger partial charge in [0, 0.05) is 28.3 Å². The van der Waals surface area contributed by atoms with Crippen LogP contribution in [0.4, 0.5) is 11.4 Å². The van der Waals surface area contributed by atoms with Gasteiger partial charge in [-0.1, -0.05) is 60.7 Å². The van der Waals surface area contributed by atoms with Gasteiger partial charge in [-0.2, -0.15) is 0 Å². The zero-order chi connectivity index (χ0) is 20.5. The molecule has 0 saturated heterocycles. The third-order valence-corrected chi connectivity index (χ3v) is 5.99. The average molecular weight is 412 g/mol. The molecular formula is C24H16N2O3S. The van der Waals surface area contributed by atoms with Gasteiger partial charge in [0.1, 0.15) is 17.0 Å². The molecule has 0 atom stereocenters. The number of nitro benzene ring substituents is 1. The maximum atomic E-state index is 11.8. The molecule has 0 N–H and O–H groups in total. The quantitative estimate of drug-likeness (QED) is 0.183. The molecule has 0 bridgehead atoms. The van der Waals surface area contributed by atoms with Crippen molar-refractivity contribution in [3.8, 4) is 11.5 Å². The number of aliphatic imine (C=N–C) groups is 1. The summed E-state index contributed by atoms with van der Waals surface area (Å²) in [5, 5.41) is 13.8. The van der Waals surface area contributed by atoms with Crippen LogP contribution < -0.4 is 4.74 Å². The van der Waals surface area contributed by atoms with E-state index in [2.05, 4.69) is 4.99 Å². The minimum atomic E-state index is -0.380. The summed E-state index contributed by atoms with van der Waals surface area (Å²) in [7, 11) is 0. The smallest absolute Gasteiger partial charge is 0.283 e. The van der Waals surface area contributed by atoms with E-state index < -0.39 is 0 Å². The second-order valence-electron chi connectivity index (χ2n) is 6.88. The molecule has 5 nitrogen and oxygen atoms in total. The summed E-state index contributed by atoms with van der Waals surface area (Å²) in [6, 6.07) is 25.2. The molecule has 0 aromatic heterocycles. The van der Waals surface area contributed by atoms with Crippen LogP contribution >= 0.6 is 11.8 Å². The molecule has 4 aromatic carbocycles. The summed E-state index contributed by atoms with van der Waals surface area (Å²) < 4.78 is 6.15. The molecule has 4 aromatic rings. The summed E-state index contributed by atoms with van der Waals surface area (Å²) in [6.07, 6.45) is 1.54. The van der Waals surface area contributed by atoms with Gasteiger partial charge in [-0.3, -0.25) is 15.1 Å². The zero-order valence-electron chi connectivity index (χ0n) is 15.8. The van der Waals surface area contributed by atoms with Gasteiger partial charge >= 0.3 is 0 Å². The highest BCUT2D eigenvalue weighted by atomic mass is 32.2. The molecule has 1 aliphatic rings. The van der Waals surface area contributed by atoms with Gasteiger partial charge in [0.25, 0.3) is 5.69 Å². The lowest BCUT2D eigenvalue weighted by Gasteiger charge is -2.11. The third-order valence-electron chi connectivity index (χ3n) is 4.94. The highest BCUT2D eigenvalue weighted by molar-refractivity contribution is 7.98. The van der Waals surface area contributed by atoms with E-state index in [4.69, 9.17) is 4.74 Å². The van der Waals surface area contributed by atoms with Crippen LogP contribution in [0.2, 0.25) is 0 Å². The molecule has 6 heteroatoms. The van der Waals surface area contributed by atoms with Crippen molar-refractivity contribution in [1.29, 1.82) is 0 Å². The van der Waals surface area contributed by atoms with E-state index >= 15 is 0 Å². The fourth-order valence-corrected chi connectivity index (χ4v) is 4.39. The van der Waals surface area contributed by atoms with Gasteiger partial charge in [-0.05, 0) is 23.1 Å². The maximum absolute atomic E-state index is 11.8. The number of hydrogen-bond donors (Lipinski definition) is 0. The molecule has 1 aliphatic heterocycles. The van der Waals surface area contributed by atoms with E-state index in [0.717, 1.165) is 21.2 Å². The number of ether oxygens (including phenoxy) is 1. The Morgan fingerprint density at radius 1 is 0.933 bits per heavy atom. The Kier molecular flexibility index (Phi) is 4.69. The number of hydrogen-bond acceptors (Lipinski definition) is 5. The highest BCUT2D eigenvalue weighted by Crippen LogP contribution is 2.44. The Morgan fingerprint density at radius 2 is 1.73 bits per heavy atom. The Balaban J connectivity index is 1.57. The van der Waals surface area contributed by atoms with Crippen LogP contribution in [0.25, 0.3) is 10.8 Å². The van der Waals surface area contributed by atoms with Gasteiger partial charge in [0.05, 0.1) is 4.92 Å². The number of rotatable bonds is 4. The minimum Gasteiger partial charge on any atom is -0.454 e. The lowest BCUT2D eigenvalue weighted by atomic mass is 10.1. The monoisotopic (exact) mass is 412 g/mol. The van der Waals surface area contributed by atoms with Crippen molar-refractivity contribution >= 4 is 40.1 Å². The van der Waals surface area contributed by atoms with Crippen LogP contribution in [0.15, 0.2) is 88.8 Å². The van der Waals surface area contributed by atoms with Gasteiger partial charge in [-0.25, -0.2) is 0 Å². The molecule has 1 heterocycles. The summed E-state index contributed by atoms with van der Waals surface area (Å²) in [5.74, 6) is 1.74. The van der Waals surface area contributed by atoms with E-state index in [1.54, 1.807) is 6.07 Å². The van der Waals surface area contributed by atoms with Crippen molar-refractivity contribution in [2.75, 3.05) is 0 Å². The largest absolute Gasteiger partial charge is 0.454 e. The van der Waals surface area contributed by atoms with Crippen molar-refractivity contribution in [2.24, 2.45) is 4.99 Å². The first-order valence-corrected chi connectivity index (χ1v) is 10.4. The van der Waals surface area contributed by atoms with E-state index in [1.807, 2.05) is 72.8 Å². The van der Waals surface area contributed by atoms with Crippen LogP contribution in [-0.4, -0.2) is 11.1 Å². The van der Waals surface area contributed by atoms with E-state index in [1.165, 1.54) is 18.0 Å². The number of benzene rings is 4. The molecule has 0 saturated carbocycles. The Bertz CT molecular complexity index is 1300. The zero-order valence-corrected chi connectivity index (χ0v) is 16.6. The highest BCUT2D eigenvalue weighted by Gasteiger charge is 2.23. The molecule has 5 rings (SSSR count). The standard InChI is InChI=1S/C24H16N2O3S/c27-26(28)21-12-18(30-15-16-6-2-1-3-7-16)13-23-20(21)14-25-24-19-9-5-4-8-17(19)10-11-22(24)29-23/h1-14H,15H2. The first-order valence-electron chi connectivity index (χ1n) is 9.42. The molecule has 30 heavy (non-hydrogen) atoms. The lowest BCUT2D eigenvalue weighted by molar-refractivity contribution is -0.385. The van der Waals surface area contributed by atoms with Gasteiger partial charge in [-0.15, -0.1) is 11.8 Å². The first-order chi connectivity index (χ1) is 14.7. The normalized spacial score (nSPS) is 12.0. The number of nitrogens with zero attached hydrogens (tertiary/aromatic N) is 2. The second kappa shape index (κ2) is 7.65. The Morgan fingerprint density at radius 3 is 2.57 bits per heavy atom. The molecule has 0 amide bonds. The van der Waals surface area contributed by atoms with Crippen LogP contribution in [0.3, 0.4) is 0 Å². The van der Waals surface area contributed by atoms with Crippen LogP contribution in [0.5, 0.6) is 11.5 Å². The molecular weight excluding hydrogens is 396 g/mol. The maximum Gasteiger partial charge on any atom is 0.283 e. The Labute approximate surface area is 177 Å². The van der Waals surface area contributed by atoms with E-state index in [0.29, 0.717) is 28.5 Å². The summed E-state index contributed by atoms with van der Waals surface area (Å²) in [4.78, 5) is 16.7. The van der Waals surface area contributed by atoms with Crippen molar-refractivity contribution in [1.82, 2.24) is 0 Å². The lowest BCUT2D eigenvalue weighted by Crippen LogP contribution is -1.98. The summed E-state index contributed by atoms with van der Waals surface area (Å²) >= 11 is 1.54. The SMILES string of the molecule is O=[N+]([O-])c1cc(SCc2ccccc2)cc2c1C=Nc1c(ccc3ccccc13)O2. The predicted molar refractivity (Wildman–Crippen MR) is 120 cm³/mol. The number of fused-ring (bicyclic) bond motifs is 4. The van der Waals surface area contributed by atoms with Gasteiger partial charge in [0.2, 0.25) is 0 Å². The van der Waals surface area contributed by atoms with Crippen LogP contribution in [-0.2, 0) is 5.75 Å². The number of nitro groups is 1. The summed E-state index contributed by atoms with van der Waals surface area (Å²) in [6.45, 7) is 0. The number of thioether (sulfide) groups is 1. The minimum absolute atomic E-state index is 0.0103. The molecule has 146 valence electrons. The molecule has 0 spiro atoms. The summed E-state index contributed by atoms with van der Waals surface area (Å²) in [5.41, 5.74) is 2.20. The van der Waals surface area contributed by atoms with E-state index in [-0.39, 0.29) is 10.6 Å². The molecule has 0 fully saturated rings. The van der Waals surface area contributed by atoms with Crippen molar-refractivity contribution in [3.63, 3.8) is 0 Å². The topological polar surface area (TPSA) is 64.7 Å².